The van der Waals surface area contributed by atoms with Gasteiger partial charge in [0.1, 0.15) is 0 Å². The van der Waals surface area contributed by atoms with E-state index in [0.29, 0.717) is 0 Å². The third-order valence-electron chi connectivity index (χ3n) is 3.90. The first-order valence-electron chi connectivity index (χ1n) is 7.51. The van der Waals surface area contributed by atoms with Crippen molar-refractivity contribution in [2.75, 3.05) is 0 Å². The van der Waals surface area contributed by atoms with E-state index in [0.717, 1.165) is 12.8 Å². The predicted molar refractivity (Wildman–Crippen MR) is 89.9 cm³/mol. The molecule has 0 radical (unpaired) electrons. The van der Waals surface area contributed by atoms with E-state index in [-0.39, 0.29) is 0 Å². The molecular formula is C20H24. The lowest BCUT2D eigenvalue weighted by Crippen LogP contribution is -1.87. The van der Waals surface area contributed by atoms with Gasteiger partial charge < -0.3 is 0 Å². The van der Waals surface area contributed by atoms with Gasteiger partial charge in [-0.3, -0.25) is 0 Å². The highest BCUT2D eigenvalue weighted by Gasteiger charge is 2.02. The average Bonchev–Trinajstić information content (AvgIpc) is 2.49. The van der Waals surface area contributed by atoms with Crippen molar-refractivity contribution in [2.45, 2.75) is 40.5 Å². The lowest BCUT2D eigenvalue weighted by molar-refractivity contribution is 1.11. The van der Waals surface area contributed by atoms with Gasteiger partial charge in [0.2, 0.25) is 0 Å². The molecule has 0 amide bonds. The Labute approximate surface area is 123 Å². The van der Waals surface area contributed by atoms with Crippen molar-refractivity contribution in [3.8, 4) is 11.1 Å². The van der Waals surface area contributed by atoms with E-state index >= 15 is 0 Å². The number of rotatable bonds is 4. The molecule has 0 unspecified atom stereocenters. The monoisotopic (exact) mass is 264 g/mol. The molecule has 0 atom stereocenters. The molecule has 0 heteroatoms. The molecule has 0 aromatic heterocycles. The molecular weight excluding hydrogens is 240 g/mol. The fourth-order valence-electron chi connectivity index (χ4n) is 2.36. The first-order chi connectivity index (χ1) is 9.63. The molecule has 0 bridgehead atoms. The van der Waals surface area contributed by atoms with Crippen LogP contribution in [0.15, 0.2) is 48.0 Å². The number of hydrogen-bond acceptors (Lipinski definition) is 0. The number of benzene rings is 2. The standard InChI is InChI=1S/C20H24/c1-5-15(3)12-18-10-11-20(13-16(18)4)19-9-7-8-17(6-2)14-19/h7-14H,5-6H2,1-4H3/b15-12-. The molecule has 0 heterocycles. The summed E-state index contributed by atoms with van der Waals surface area (Å²) >= 11 is 0. The zero-order chi connectivity index (χ0) is 14.5. The highest BCUT2D eigenvalue weighted by molar-refractivity contribution is 5.68. The molecule has 0 aliphatic carbocycles. The van der Waals surface area contributed by atoms with Crippen molar-refractivity contribution >= 4 is 6.08 Å². The third-order valence-corrected chi connectivity index (χ3v) is 3.90. The summed E-state index contributed by atoms with van der Waals surface area (Å²) in [5.74, 6) is 0. The largest absolute Gasteiger partial charge is 0.0730 e. The van der Waals surface area contributed by atoms with Crippen LogP contribution in [0.5, 0.6) is 0 Å². The number of hydrogen-bond donors (Lipinski definition) is 0. The van der Waals surface area contributed by atoms with Crippen LogP contribution in [0, 0.1) is 6.92 Å². The minimum absolute atomic E-state index is 1.09. The van der Waals surface area contributed by atoms with E-state index in [9.17, 15) is 0 Å². The smallest absolute Gasteiger partial charge is 0.0181 e. The summed E-state index contributed by atoms with van der Waals surface area (Å²) in [6.45, 7) is 8.79. The van der Waals surface area contributed by atoms with Crippen LogP contribution in [0.4, 0.5) is 0 Å². The lowest BCUT2D eigenvalue weighted by atomic mass is 9.97. The topological polar surface area (TPSA) is 0 Å². The number of aryl methyl sites for hydroxylation is 2. The van der Waals surface area contributed by atoms with Crippen LogP contribution in [0.1, 0.15) is 43.9 Å². The van der Waals surface area contributed by atoms with E-state index in [1.165, 1.54) is 33.4 Å². The van der Waals surface area contributed by atoms with Crippen LogP contribution in [-0.4, -0.2) is 0 Å². The third kappa shape index (κ3) is 3.39. The predicted octanol–water partition coefficient (Wildman–Crippen LogP) is 6.04. The zero-order valence-corrected chi connectivity index (χ0v) is 13.0. The molecule has 0 saturated heterocycles. The van der Waals surface area contributed by atoms with Gasteiger partial charge in [0.25, 0.3) is 0 Å². The zero-order valence-electron chi connectivity index (χ0n) is 13.0. The van der Waals surface area contributed by atoms with E-state index in [1.54, 1.807) is 0 Å². The van der Waals surface area contributed by atoms with Crippen LogP contribution in [0.3, 0.4) is 0 Å². The molecule has 2 aromatic rings. The van der Waals surface area contributed by atoms with Gasteiger partial charge in [0, 0.05) is 0 Å². The summed E-state index contributed by atoms with van der Waals surface area (Å²) in [7, 11) is 0. The normalized spacial score (nSPS) is 11.7. The molecule has 0 nitrogen and oxygen atoms in total. The molecule has 0 saturated carbocycles. The molecule has 0 aliphatic rings. The maximum Gasteiger partial charge on any atom is -0.0181 e. The fraction of sp³-hybridized carbons (Fsp3) is 0.300. The summed E-state index contributed by atoms with van der Waals surface area (Å²) < 4.78 is 0. The highest BCUT2D eigenvalue weighted by Crippen LogP contribution is 2.24. The Morgan fingerprint density at radius 2 is 1.75 bits per heavy atom. The van der Waals surface area contributed by atoms with Crippen LogP contribution in [0.2, 0.25) is 0 Å². The molecule has 0 spiro atoms. The Bertz CT molecular complexity index is 618. The van der Waals surface area contributed by atoms with Gasteiger partial charge in [-0.05, 0) is 54.5 Å². The second kappa shape index (κ2) is 6.56. The summed E-state index contributed by atoms with van der Waals surface area (Å²) in [5.41, 5.74) is 8.12. The molecule has 20 heavy (non-hydrogen) atoms. The average molecular weight is 264 g/mol. The van der Waals surface area contributed by atoms with Crippen molar-refractivity contribution in [1.29, 1.82) is 0 Å². The Morgan fingerprint density at radius 1 is 1.00 bits per heavy atom. The summed E-state index contributed by atoms with van der Waals surface area (Å²) in [5, 5.41) is 0. The van der Waals surface area contributed by atoms with Crippen molar-refractivity contribution < 1.29 is 0 Å². The molecule has 104 valence electrons. The first-order valence-corrected chi connectivity index (χ1v) is 7.51. The Morgan fingerprint density at radius 3 is 2.40 bits per heavy atom. The molecule has 2 rings (SSSR count). The minimum atomic E-state index is 1.09. The van der Waals surface area contributed by atoms with Crippen LogP contribution in [0.25, 0.3) is 17.2 Å². The summed E-state index contributed by atoms with van der Waals surface area (Å²) in [6.07, 6.45) is 4.49. The first kappa shape index (κ1) is 14.6. The van der Waals surface area contributed by atoms with Crippen LogP contribution >= 0.6 is 0 Å². The van der Waals surface area contributed by atoms with Crippen molar-refractivity contribution in [3.05, 3.63) is 64.7 Å². The molecule has 0 aliphatic heterocycles. The lowest BCUT2D eigenvalue weighted by Gasteiger charge is -2.08. The van der Waals surface area contributed by atoms with E-state index in [4.69, 9.17) is 0 Å². The van der Waals surface area contributed by atoms with Gasteiger partial charge in [-0.2, -0.15) is 0 Å². The van der Waals surface area contributed by atoms with Gasteiger partial charge in [0.15, 0.2) is 0 Å². The quantitative estimate of drug-likeness (QED) is 0.631. The minimum Gasteiger partial charge on any atom is -0.0730 e. The van der Waals surface area contributed by atoms with Gasteiger partial charge >= 0.3 is 0 Å². The van der Waals surface area contributed by atoms with E-state index in [2.05, 4.69) is 76.2 Å². The van der Waals surface area contributed by atoms with Gasteiger partial charge in [-0.1, -0.05) is 68.0 Å². The maximum atomic E-state index is 2.30. The van der Waals surface area contributed by atoms with Crippen molar-refractivity contribution in [1.82, 2.24) is 0 Å². The fourth-order valence-corrected chi connectivity index (χ4v) is 2.36. The second-order valence-electron chi connectivity index (χ2n) is 5.47. The van der Waals surface area contributed by atoms with Gasteiger partial charge in [-0.15, -0.1) is 0 Å². The summed E-state index contributed by atoms with van der Waals surface area (Å²) in [6, 6.07) is 15.6. The van der Waals surface area contributed by atoms with Gasteiger partial charge in [0.05, 0.1) is 0 Å². The van der Waals surface area contributed by atoms with Crippen LogP contribution in [-0.2, 0) is 6.42 Å². The van der Waals surface area contributed by atoms with Crippen molar-refractivity contribution in [3.63, 3.8) is 0 Å². The Hall–Kier alpha value is -1.82. The van der Waals surface area contributed by atoms with Crippen molar-refractivity contribution in [2.24, 2.45) is 0 Å². The van der Waals surface area contributed by atoms with Gasteiger partial charge in [-0.25, -0.2) is 0 Å². The molecule has 0 N–H and O–H groups in total. The highest BCUT2D eigenvalue weighted by atomic mass is 14.1. The second-order valence-corrected chi connectivity index (χ2v) is 5.47. The SMILES string of the molecule is CC/C(C)=C\c1ccc(-c2cccc(CC)c2)cc1C. The number of allylic oxidation sites excluding steroid dienone is 1. The Balaban J connectivity index is 2.37. The molecule has 0 fully saturated rings. The van der Waals surface area contributed by atoms with E-state index in [1.807, 2.05) is 0 Å². The van der Waals surface area contributed by atoms with Crippen LogP contribution < -0.4 is 0 Å². The molecule has 2 aromatic carbocycles. The van der Waals surface area contributed by atoms with E-state index < -0.39 is 0 Å². The summed E-state index contributed by atoms with van der Waals surface area (Å²) in [4.78, 5) is 0. The maximum absolute atomic E-state index is 2.30. The Kier molecular flexibility index (Phi) is 4.79.